The highest BCUT2D eigenvalue weighted by molar-refractivity contribution is 5.94. The molecule has 2 N–H and O–H groups in total. The molecule has 23 heavy (non-hydrogen) atoms. The van der Waals surface area contributed by atoms with Gasteiger partial charge in [0.05, 0.1) is 17.1 Å². The number of amides is 1. The van der Waals surface area contributed by atoms with Gasteiger partial charge in [-0.05, 0) is 50.6 Å². The van der Waals surface area contributed by atoms with Crippen LogP contribution >= 0.6 is 0 Å². The summed E-state index contributed by atoms with van der Waals surface area (Å²) in [4.78, 5) is 15.8. The van der Waals surface area contributed by atoms with E-state index >= 15 is 0 Å². The topological polar surface area (TPSA) is 73.8 Å². The average Bonchev–Trinajstić information content (AvgIpc) is 2.86. The van der Waals surface area contributed by atoms with Crippen LogP contribution in [0.25, 0.3) is 16.9 Å². The van der Waals surface area contributed by atoms with Crippen molar-refractivity contribution >= 4 is 5.91 Å². The number of primary amides is 1. The Bertz CT molecular complexity index is 896. The predicted molar refractivity (Wildman–Crippen MR) is 89.5 cm³/mol. The van der Waals surface area contributed by atoms with Crippen molar-refractivity contribution in [2.45, 2.75) is 20.8 Å². The van der Waals surface area contributed by atoms with Crippen LogP contribution in [0.3, 0.4) is 0 Å². The molecule has 0 aliphatic carbocycles. The van der Waals surface area contributed by atoms with Crippen molar-refractivity contribution in [3.63, 3.8) is 0 Å². The number of nitrogens with zero attached hydrogens (tertiary/aromatic N) is 3. The van der Waals surface area contributed by atoms with Crippen LogP contribution in [0.1, 0.15) is 27.3 Å². The molecule has 1 amide bonds. The number of aryl methyl sites for hydroxylation is 3. The largest absolute Gasteiger partial charge is 0.366 e. The molecule has 0 radical (unpaired) electrons. The summed E-state index contributed by atoms with van der Waals surface area (Å²) in [6, 6.07) is 11.4. The molecule has 0 aliphatic rings. The highest BCUT2D eigenvalue weighted by atomic mass is 16.1. The SMILES string of the molecule is Cc1ccc(-c2cc(C(N)=O)ccn2)c(-n2nc(C)cc2C)c1. The molecule has 2 heterocycles. The maximum absolute atomic E-state index is 11.4. The van der Waals surface area contributed by atoms with Gasteiger partial charge >= 0.3 is 0 Å². The second kappa shape index (κ2) is 5.68. The van der Waals surface area contributed by atoms with Crippen molar-refractivity contribution in [3.05, 3.63) is 65.1 Å². The van der Waals surface area contributed by atoms with Crippen LogP contribution < -0.4 is 5.73 Å². The lowest BCUT2D eigenvalue weighted by Crippen LogP contribution is -2.11. The first-order valence-electron chi connectivity index (χ1n) is 7.36. The van der Waals surface area contributed by atoms with Gasteiger partial charge in [0.25, 0.3) is 0 Å². The van der Waals surface area contributed by atoms with Gasteiger partial charge in [0.2, 0.25) is 5.91 Å². The molecule has 0 saturated heterocycles. The molecule has 0 saturated carbocycles. The minimum Gasteiger partial charge on any atom is -0.366 e. The fourth-order valence-electron chi connectivity index (χ4n) is 2.64. The van der Waals surface area contributed by atoms with Gasteiger partial charge in [0.1, 0.15) is 0 Å². The zero-order chi connectivity index (χ0) is 16.6. The Balaban J connectivity index is 2.23. The van der Waals surface area contributed by atoms with Gasteiger partial charge in [-0.2, -0.15) is 5.10 Å². The lowest BCUT2D eigenvalue weighted by atomic mass is 10.0. The van der Waals surface area contributed by atoms with E-state index in [2.05, 4.69) is 16.1 Å². The van der Waals surface area contributed by atoms with Gasteiger partial charge in [-0.3, -0.25) is 9.78 Å². The third-order valence-electron chi connectivity index (χ3n) is 3.71. The third kappa shape index (κ3) is 2.85. The smallest absolute Gasteiger partial charge is 0.248 e. The summed E-state index contributed by atoms with van der Waals surface area (Å²) in [6.07, 6.45) is 1.60. The zero-order valence-electron chi connectivity index (χ0n) is 13.4. The number of rotatable bonds is 3. The van der Waals surface area contributed by atoms with Crippen molar-refractivity contribution in [3.8, 4) is 16.9 Å². The highest BCUT2D eigenvalue weighted by Gasteiger charge is 2.13. The fraction of sp³-hybridized carbons (Fsp3) is 0.167. The minimum absolute atomic E-state index is 0.440. The first kappa shape index (κ1) is 15.0. The summed E-state index contributed by atoms with van der Waals surface area (Å²) < 4.78 is 1.90. The molecule has 5 nitrogen and oxygen atoms in total. The second-order valence-electron chi connectivity index (χ2n) is 5.65. The summed E-state index contributed by atoms with van der Waals surface area (Å²) in [5, 5.41) is 4.56. The van der Waals surface area contributed by atoms with Gasteiger partial charge in [0, 0.05) is 23.0 Å². The number of benzene rings is 1. The van der Waals surface area contributed by atoms with Crippen LogP contribution in [0.2, 0.25) is 0 Å². The monoisotopic (exact) mass is 306 g/mol. The Morgan fingerprint density at radius 1 is 1.09 bits per heavy atom. The lowest BCUT2D eigenvalue weighted by molar-refractivity contribution is 0.1000. The molecule has 0 fully saturated rings. The van der Waals surface area contributed by atoms with Crippen LogP contribution in [0.5, 0.6) is 0 Å². The predicted octanol–water partition coefficient (Wildman–Crippen LogP) is 2.96. The number of hydrogen-bond acceptors (Lipinski definition) is 3. The Morgan fingerprint density at radius 2 is 1.87 bits per heavy atom. The Hall–Kier alpha value is -2.95. The van der Waals surface area contributed by atoms with Crippen molar-refractivity contribution in [1.29, 1.82) is 0 Å². The van der Waals surface area contributed by atoms with E-state index in [-0.39, 0.29) is 0 Å². The molecular formula is C18H18N4O. The van der Waals surface area contributed by atoms with Gasteiger partial charge < -0.3 is 5.73 Å². The van der Waals surface area contributed by atoms with Gasteiger partial charge in [-0.25, -0.2) is 4.68 Å². The van der Waals surface area contributed by atoms with E-state index in [9.17, 15) is 4.79 Å². The summed E-state index contributed by atoms with van der Waals surface area (Å²) in [5.74, 6) is -0.464. The maximum Gasteiger partial charge on any atom is 0.248 e. The quantitative estimate of drug-likeness (QED) is 0.808. The fourth-order valence-corrected chi connectivity index (χ4v) is 2.64. The number of carbonyl (C=O) groups is 1. The van der Waals surface area contributed by atoms with Gasteiger partial charge in [-0.1, -0.05) is 12.1 Å². The Morgan fingerprint density at radius 3 is 2.52 bits per heavy atom. The molecule has 1 aromatic carbocycles. The zero-order valence-corrected chi connectivity index (χ0v) is 13.4. The van der Waals surface area contributed by atoms with E-state index in [4.69, 9.17) is 5.73 Å². The number of hydrogen-bond donors (Lipinski definition) is 1. The second-order valence-corrected chi connectivity index (χ2v) is 5.65. The first-order chi connectivity index (χ1) is 11.0. The van der Waals surface area contributed by atoms with Crippen LogP contribution in [0.4, 0.5) is 0 Å². The van der Waals surface area contributed by atoms with Crippen LogP contribution in [0.15, 0.2) is 42.6 Å². The third-order valence-corrected chi connectivity index (χ3v) is 3.71. The molecule has 0 atom stereocenters. The van der Waals surface area contributed by atoms with E-state index in [0.29, 0.717) is 11.3 Å². The molecule has 0 unspecified atom stereocenters. The molecule has 5 heteroatoms. The molecular weight excluding hydrogens is 288 g/mol. The normalized spacial score (nSPS) is 10.7. The summed E-state index contributed by atoms with van der Waals surface area (Å²) in [6.45, 7) is 6.01. The van der Waals surface area contributed by atoms with E-state index in [1.807, 2.05) is 43.7 Å². The minimum atomic E-state index is -0.464. The van der Waals surface area contributed by atoms with Crippen molar-refractivity contribution in [2.75, 3.05) is 0 Å². The average molecular weight is 306 g/mol. The molecule has 0 spiro atoms. The van der Waals surface area contributed by atoms with E-state index < -0.39 is 5.91 Å². The molecule has 116 valence electrons. The number of carbonyl (C=O) groups excluding carboxylic acids is 1. The molecule has 2 aromatic heterocycles. The summed E-state index contributed by atoms with van der Waals surface area (Å²) in [5.41, 5.74) is 11.5. The number of aromatic nitrogens is 3. The summed E-state index contributed by atoms with van der Waals surface area (Å²) in [7, 11) is 0. The Labute approximate surface area is 134 Å². The van der Waals surface area contributed by atoms with Crippen LogP contribution in [-0.2, 0) is 0 Å². The van der Waals surface area contributed by atoms with Gasteiger partial charge in [-0.15, -0.1) is 0 Å². The van der Waals surface area contributed by atoms with Crippen LogP contribution in [-0.4, -0.2) is 20.7 Å². The van der Waals surface area contributed by atoms with Crippen molar-refractivity contribution < 1.29 is 4.79 Å². The number of pyridine rings is 1. The van der Waals surface area contributed by atoms with E-state index in [1.54, 1.807) is 18.3 Å². The highest BCUT2D eigenvalue weighted by Crippen LogP contribution is 2.27. The maximum atomic E-state index is 11.4. The molecule has 0 bridgehead atoms. The molecule has 0 aliphatic heterocycles. The molecule has 3 aromatic rings. The Kier molecular flexibility index (Phi) is 3.70. The lowest BCUT2D eigenvalue weighted by Gasteiger charge is -2.12. The van der Waals surface area contributed by atoms with Crippen LogP contribution in [0, 0.1) is 20.8 Å². The number of nitrogens with two attached hydrogens (primary N) is 1. The first-order valence-corrected chi connectivity index (χ1v) is 7.36. The molecule has 3 rings (SSSR count). The van der Waals surface area contributed by atoms with Crippen molar-refractivity contribution in [2.24, 2.45) is 5.73 Å². The summed E-state index contributed by atoms with van der Waals surface area (Å²) >= 11 is 0. The standard InChI is InChI=1S/C18H18N4O/c1-11-4-5-15(16-10-14(18(19)23)6-7-20-16)17(8-11)22-13(3)9-12(2)21-22/h4-10H,1-3H3,(H2,19,23). The van der Waals surface area contributed by atoms with E-state index in [0.717, 1.165) is 28.2 Å². The van der Waals surface area contributed by atoms with Gasteiger partial charge in [0.15, 0.2) is 0 Å². The van der Waals surface area contributed by atoms with Crippen molar-refractivity contribution in [1.82, 2.24) is 14.8 Å². The van der Waals surface area contributed by atoms with E-state index in [1.165, 1.54) is 0 Å².